The van der Waals surface area contributed by atoms with Crippen LogP contribution in [0, 0.1) is 24.0 Å². The molecule has 0 aliphatic heterocycles. The van der Waals surface area contributed by atoms with E-state index in [2.05, 4.69) is 4.99 Å². The lowest BCUT2D eigenvalue weighted by atomic mass is 10.1. The number of hydrogen-bond donors (Lipinski definition) is 1. The first-order valence-electron chi connectivity index (χ1n) is 5.58. The number of rotatable bonds is 4. The van der Waals surface area contributed by atoms with Crippen LogP contribution in [-0.2, 0) is 0 Å². The monoisotopic (exact) mass is 293 g/mol. The number of carbonyl (C=O) groups excluding carboxylic acids is 1. The lowest BCUT2D eigenvalue weighted by molar-refractivity contribution is -0.402. The Kier molecular flexibility index (Phi) is 3.66. The van der Waals surface area contributed by atoms with Gasteiger partial charge in [0.25, 0.3) is 5.91 Å². The molecule has 20 heavy (non-hydrogen) atoms. The second-order valence-electron chi connectivity index (χ2n) is 4.02. The summed E-state index contributed by atoms with van der Waals surface area (Å²) in [7, 11) is 0. The Bertz CT molecular complexity index is 714. The van der Waals surface area contributed by atoms with Crippen LogP contribution in [0.2, 0.25) is 0 Å². The molecule has 0 aliphatic carbocycles. The fraction of sp³-hybridized carbons (Fsp3) is 0.167. The van der Waals surface area contributed by atoms with Crippen LogP contribution >= 0.6 is 11.3 Å². The van der Waals surface area contributed by atoms with Crippen molar-refractivity contribution in [3.05, 3.63) is 44.0 Å². The second kappa shape index (κ2) is 5.25. The second-order valence-corrected chi connectivity index (χ2v) is 5.22. The van der Waals surface area contributed by atoms with Gasteiger partial charge in [0.15, 0.2) is 5.76 Å². The molecule has 0 saturated heterocycles. The maximum atomic E-state index is 11.4. The molecule has 2 rings (SSSR count). The first-order chi connectivity index (χ1) is 9.40. The maximum Gasteiger partial charge on any atom is 0.433 e. The Labute approximate surface area is 117 Å². The molecule has 0 saturated carbocycles. The molecule has 2 heterocycles. The highest BCUT2D eigenvalue weighted by molar-refractivity contribution is 7.16. The van der Waals surface area contributed by atoms with Crippen molar-refractivity contribution in [3.63, 3.8) is 0 Å². The molecule has 0 aliphatic rings. The molecule has 0 unspecified atom stereocenters. The molecule has 2 aromatic rings. The number of aliphatic imine (C=N–C) groups is 1. The number of hydrogen-bond acceptors (Lipinski definition) is 6. The minimum absolute atomic E-state index is 0.232. The minimum atomic E-state index is -0.633. The number of aryl methyl sites for hydroxylation is 1. The average Bonchev–Trinajstić information content (AvgIpc) is 2.93. The zero-order valence-corrected chi connectivity index (χ0v) is 11.6. The van der Waals surface area contributed by atoms with Gasteiger partial charge in [-0.15, -0.1) is 11.3 Å². The van der Waals surface area contributed by atoms with Crippen molar-refractivity contribution in [1.82, 2.24) is 0 Å². The van der Waals surface area contributed by atoms with Gasteiger partial charge in [0.2, 0.25) is 0 Å². The average molecular weight is 293 g/mol. The van der Waals surface area contributed by atoms with Gasteiger partial charge in [-0.25, -0.2) is 4.99 Å². The fourth-order valence-corrected chi connectivity index (χ4v) is 2.63. The van der Waals surface area contributed by atoms with Gasteiger partial charge in [-0.05, 0) is 25.5 Å². The summed E-state index contributed by atoms with van der Waals surface area (Å²) in [6.45, 7) is 3.66. The highest BCUT2D eigenvalue weighted by atomic mass is 32.1. The van der Waals surface area contributed by atoms with Crippen LogP contribution < -0.4 is 5.73 Å². The third kappa shape index (κ3) is 2.59. The lowest BCUT2D eigenvalue weighted by Crippen LogP contribution is -2.11. The van der Waals surface area contributed by atoms with Crippen molar-refractivity contribution in [3.8, 4) is 0 Å². The van der Waals surface area contributed by atoms with Crippen molar-refractivity contribution in [2.45, 2.75) is 13.8 Å². The van der Waals surface area contributed by atoms with E-state index in [0.29, 0.717) is 10.6 Å². The van der Waals surface area contributed by atoms with Gasteiger partial charge in [-0.1, -0.05) is 0 Å². The molecule has 104 valence electrons. The van der Waals surface area contributed by atoms with E-state index < -0.39 is 10.8 Å². The molecule has 8 heteroatoms. The number of nitrogens with zero attached hydrogens (tertiary/aromatic N) is 2. The molecule has 2 aromatic heterocycles. The van der Waals surface area contributed by atoms with Crippen LogP contribution in [0.25, 0.3) is 0 Å². The topological polar surface area (TPSA) is 112 Å². The van der Waals surface area contributed by atoms with E-state index in [9.17, 15) is 14.9 Å². The van der Waals surface area contributed by atoms with Gasteiger partial charge in [0.05, 0.1) is 17.8 Å². The summed E-state index contributed by atoms with van der Waals surface area (Å²) in [6.07, 6.45) is 1.32. The molecule has 1 amide bonds. The van der Waals surface area contributed by atoms with Gasteiger partial charge >= 0.3 is 5.88 Å². The molecule has 7 nitrogen and oxygen atoms in total. The van der Waals surface area contributed by atoms with E-state index in [4.69, 9.17) is 10.2 Å². The number of nitrogens with two attached hydrogens (primary N) is 1. The van der Waals surface area contributed by atoms with Gasteiger partial charge in [0, 0.05) is 4.88 Å². The zero-order valence-electron chi connectivity index (χ0n) is 10.7. The number of carbonyl (C=O) groups is 1. The summed E-state index contributed by atoms with van der Waals surface area (Å²) >= 11 is 1.33. The van der Waals surface area contributed by atoms with E-state index in [1.54, 1.807) is 6.92 Å². The molecule has 0 spiro atoms. The molecular weight excluding hydrogens is 282 g/mol. The summed E-state index contributed by atoms with van der Waals surface area (Å²) in [5, 5.41) is 11.0. The highest BCUT2D eigenvalue weighted by Gasteiger charge is 2.17. The first-order valence-corrected chi connectivity index (χ1v) is 6.40. The Morgan fingerprint density at radius 2 is 2.20 bits per heavy atom. The Balaban J connectivity index is 2.33. The van der Waals surface area contributed by atoms with Crippen LogP contribution in [0.1, 0.15) is 26.6 Å². The number of primary amides is 1. The van der Waals surface area contributed by atoms with Gasteiger partial charge in [-0.3, -0.25) is 14.9 Å². The molecule has 2 N–H and O–H groups in total. The summed E-state index contributed by atoms with van der Waals surface area (Å²) in [5.41, 5.74) is 6.48. The van der Waals surface area contributed by atoms with E-state index in [0.717, 1.165) is 10.4 Å². The Morgan fingerprint density at radius 3 is 2.75 bits per heavy atom. The maximum absolute atomic E-state index is 11.4. The van der Waals surface area contributed by atoms with Gasteiger partial charge in [-0.2, -0.15) is 0 Å². The number of furan rings is 1. The molecular formula is C12H11N3O4S. The fourth-order valence-electron chi connectivity index (χ4n) is 1.62. The summed E-state index contributed by atoms with van der Waals surface area (Å²) in [4.78, 5) is 26.3. The first kappa shape index (κ1) is 13.9. The molecule has 0 atom stereocenters. The van der Waals surface area contributed by atoms with Crippen LogP contribution in [-0.4, -0.2) is 17.0 Å². The normalized spacial score (nSPS) is 11.1. The molecule has 0 fully saturated rings. The number of nitro groups is 1. The highest BCUT2D eigenvalue weighted by Crippen LogP contribution is 2.34. The third-order valence-corrected chi connectivity index (χ3v) is 3.83. The smallest absolute Gasteiger partial charge is 0.400 e. The van der Waals surface area contributed by atoms with Crippen molar-refractivity contribution in [2.24, 2.45) is 10.7 Å². The van der Waals surface area contributed by atoms with Gasteiger partial charge in [0.1, 0.15) is 9.92 Å². The van der Waals surface area contributed by atoms with Gasteiger partial charge < -0.3 is 10.2 Å². The number of amides is 1. The molecule has 0 radical (unpaired) electrons. The third-order valence-electron chi connectivity index (χ3n) is 2.71. The van der Waals surface area contributed by atoms with Crippen LogP contribution in [0.3, 0.4) is 0 Å². The Hall–Kier alpha value is -2.48. The van der Waals surface area contributed by atoms with Crippen molar-refractivity contribution < 1.29 is 14.1 Å². The summed E-state index contributed by atoms with van der Waals surface area (Å²) in [5.74, 6) is -0.680. The standard InChI is InChI=1S/C12H11N3O4S/c1-6-7(2)20-12(10(6)11(13)16)14-5-8-3-4-9(19-8)15(17)18/h3-5H,1-2H3,(H2,13,16)/b14-5+. The van der Waals surface area contributed by atoms with Crippen LogP contribution in [0.4, 0.5) is 10.9 Å². The molecule has 0 bridgehead atoms. The SMILES string of the molecule is Cc1sc(/N=C/c2ccc([N+](=O)[O-])o2)c(C(N)=O)c1C. The molecule has 0 aromatic carbocycles. The van der Waals surface area contributed by atoms with E-state index in [-0.39, 0.29) is 11.6 Å². The lowest BCUT2D eigenvalue weighted by Gasteiger charge is -1.95. The number of thiophene rings is 1. The predicted octanol–water partition coefficient (Wildman–Crippen LogP) is 2.72. The summed E-state index contributed by atoms with van der Waals surface area (Å²) in [6, 6.07) is 2.67. The summed E-state index contributed by atoms with van der Waals surface area (Å²) < 4.78 is 4.94. The van der Waals surface area contributed by atoms with E-state index in [1.165, 1.54) is 29.7 Å². The van der Waals surface area contributed by atoms with Crippen molar-refractivity contribution in [1.29, 1.82) is 0 Å². The zero-order chi connectivity index (χ0) is 14.9. The largest absolute Gasteiger partial charge is 0.433 e. The van der Waals surface area contributed by atoms with Crippen LogP contribution in [0.5, 0.6) is 0 Å². The van der Waals surface area contributed by atoms with E-state index in [1.807, 2.05) is 6.92 Å². The van der Waals surface area contributed by atoms with E-state index >= 15 is 0 Å². The van der Waals surface area contributed by atoms with Crippen LogP contribution in [0.15, 0.2) is 21.5 Å². The Morgan fingerprint density at radius 1 is 1.50 bits per heavy atom. The van der Waals surface area contributed by atoms with Crippen molar-refractivity contribution >= 4 is 34.3 Å². The quantitative estimate of drug-likeness (QED) is 0.530. The predicted molar refractivity (Wildman–Crippen MR) is 74.9 cm³/mol. The minimum Gasteiger partial charge on any atom is -0.400 e. The van der Waals surface area contributed by atoms with Crippen molar-refractivity contribution in [2.75, 3.05) is 0 Å².